The number of pyridine rings is 1. The van der Waals surface area contributed by atoms with Crippen molar-refractivity contribution in [2.45, 2.75) is 20.3 Å². The number of aryl methyl sites for hydroxylation is 1. The Morgan fingerprint density at radius 1 is 1.22 bits per heavy atom. The monoisotopic (exact) mass is 329 g/mol. The molecule has 23 heavy (non-hydrogen) atoms. The van der Waals surface area contributed by atoms with E-state index in [1.54, 1.807) is 18.3 Å². The molecule has 3 rings (SSSR count). The first-order valence-electron chi connectivity index (χ1n) is 7.41. The molecule has 0 unspecified atom stereocenters. The van der Waals surface area contributed by atoms with Crippen LogP contribution in [-0.4, -0.2) is 11.6 Å². The minimum absolute atomic E-state index is 0.408. The number of ether oxygens (including phenoxy) is 1. The average molecular weight is 330 g/mol. The summed E-state index contributed by atoms with van der Waals surface area (Å²) in [5, 5.41) is 1.26. The Balaban J connectivity index is 2.19. The third-order valence-corrected chi connectivity index (χ3v) is 3.76. The van der Waals surface area contributed by atoms with Crippen LogP contribution in [0.25, 0.3) is 22.1 Å². The van der Waals surface area contributed by atoms with E-state index in [1.165, 1.54) is 6.07 Å². The molecule has 1 aromatic carbocycles. The first kappa shape index (κ1) is 15.6. The normalized spacial score (nSPS) is 10.9. The summed E-state index contributed by atoms with van der Waals surface area (Å²) in [6, 6.07) is 8.77. The Morgan fingerprint density at radius 3 is 2.78 bits per heavy atom. The summed E-state index contributed by atoms with van der Waals surface area (Å²) in [4.78, 5) is 16.0. The number of benzene rings is 1. The largest absolute Gasteiger partial charge is 0.493 e. The van der Waals surface area contributed by atoms with Crippen LogP contribution in [0.4, 0.5) is 0 Å². The summed E-state index contributed by atoms with van der Waals surface area (Å²) in [5.41, 5.74) is 2.67. The lowest BCUT2D eigenvalue weighted by molar-refractivity contribution is 0.317. The van der Waals surface area contributed by atoms with E-state index in [2.05, 4.69) is 4.98 Å². The van der Waals surface area contributed by atoms with Crippen molar-refractivity contribution in [1.29, 1.82) is 0 Å². The number of hydrogen-bond acceptors (Lipinski definition) is 4. The van der Waals surface area contributed by atoms with E-state index >= 15 is 0 Å². The summed E-state index contributed by atoms with van der Waals surface area (Å²) >= 11 is 5.92. The van der Waals surface area contributed by atoms with Gasteiger partial charge in [-0.2, -0.15) is 0 Å². The van der Waals surface area contributed by atoms with Crippen LogP contribution in [0.1, 0.15) is 18.9 Å². The van der Waals surface area contributed by atoms with Crippen LogP contribution in [0.2, 0.25) is 5.15 Å². The maximum absolute atomic E-state index is 11.9. The molecule has 0 bridgehead atoms. The fraction of sp³-hybridized carbons (Fsp3) is 0.222. The summed E-state index contributed by atoms with van der Waals surface area (Å²) in [5.74, 6) is 0.686. The van der Waals surface area contributed by atoms with Crippen molar-refractivity contribution < 1.29 is 9.15 Å². The molecular weight excluding hydrogens is 314 g/mol. The van der Waals surface area contributed by atoms with E-state index in [0.717, 1.165) is 28.5 Å². The molecule has 0 aliphatic heterocycles. The molecule has 0 aliphatic rings. The van der Waals surface area contributed by atoms with Gasteiger partial charge >= 0.3 is 5.63 Å². The Morgan fingerprint density at radius 2 is 2.04 bits per heavy atom. The van der Waals surface area contributed by atoms with Crippen LogP contribution in [0.3, 0.4) is 0 Å². The van der Waals surface area contributed by atoms with Crippen molar-refractivity contribution in [1.82, 2.24) is 4.98 Å². The van der Waals surface area contributed by atoms with Gasteiger partial charge in [-0.1, -0.05) is 18.5 Å². The minimum atomic E-state index is -0.408. The molecule has 0 amide bonds. The van der Waals surface area contributed by atoms with Gasteiger partial charge in [-0.05, 0) is 37.1 Å². The molecule has 3 aromatic rings. The third-order valence-electron chi connectivity index (χ3n) is 3.56. The molecule has 118 valence electrons. The molecule has 0 spiro atoms. The molecule has 0 saturated carbocycles. The van der Waals surface area contributed by atoms with Crippen molar-refractivity contribution >= 4 is 22.6 Å². The maximum atomic E-state index is 11.9. The second kappa shape index (κ2) is 6.42. The van der Waals surface area contributed by atoms with Crippen molar-refractivity contribution in [3.63, 3.8) is 0 Å². The zero-order valence-corrected chi connectivity index (χ0v) is 13.7. The van der Waals surface area contributed by atoms with E-state index in [4.69, 9.17) is 20.8 Å². The van der Waals surface area contributed by atoms with Crippen LogP contribution < -0.4 is 10.4 Å². The van der Waals surface area contributed by atoms with Gasteiger partial charge in [-0.3, -0.25) is 0 Å². The van der Waals surface area contributed by atoms with E-state index in [-0.39, 0.29) is 0 Å². The highest BCUT2D eigenvalue weighted by molar-refractivity contribution is 6.29. The number of aromatic nitrogens is 1. The lowest BCUT2D eigenvalue weighted by Gasteiger charge is -2.10. The molecule has 2 aromatic heterocycles. The predicted molar refractivity (Wildman–Crippen MR) is 91.2 cm³/mol. The van der Waals surface area contributed by atoms with Gasteiger partial charge in [-0.25, -0.2) is 9.78 Å². The van der Waals surface area contributed by atoms with Crippen molar-refractivity contribution in [2.24, 2.45) is 0 Å². The molecule has 0 radical (unpaired) electrons. The van der Waals surface area contributed by atoms with Crippen LogP contribution >= 0.6 is 11.6 Å². The Kier molecular flexibility index (Phi) is 4.35. The molecule has 0 fully saturated rings. The molecule has 2 heterocycles. The van der Waals surface area contributed by atoms with Crippen molar-refractivity contribution in [3.05, 3.63) is 57.7 Å². The van der Waals surface area contributed by atoms with Gasteiger partial charge in [0.15, 0.2) is 0 Å². The van der Waals surface area contributed by atoms with Gasteiger partial charge in [0.1, 0.15) is 16.5 Å². The molecule has 4 nitrogen and oxygen atoms in total. The third kappa shape index (κ3) is 3.22. The molecule has 0 atom stereocenters. The highest BCUT2D eigenvalue weighted by atomic mass is 35.5. The maximum Gasteiger partial charge on any atom is 0.336 e. The Labute approximate surface area is 138 Å². The molecular formula is C18H16ClNO3. The van der Waals surface area contributed by atoms with Crippen LogP contribution in [0, 0.1) is 6.92 Å². The van der Waals surface area contributed by atoms with Crippen LogP contribution in [-0.2, 0) is 0 Å². The Hall–Kier alpha value is -2.33. The zero-order chi connectivity index (χ0) is 16.4. The van der Waals surface area contributed by atoms with Gasteiger partial charge < -0.3 is 9.15 Å². The number of rotatable bonds is 4. The van der Waals surface area contributed by atoms with Gasteiger partial charge in [0.05, 0.1) is 6.61 Å². The van der Waals surface area contributed by atoms with Crippen LogP contribution in [0.5, 0.6) is 5.75 Å². The van der Waals surface area contributed by atoms with Crippen molar-refractivity contribution in [3.8, 4) is 16.9 Å². The van der Waals surface area contributed by atoms with Gasteiger partial charge in [-0.15, -0.1) is 0 Å². The molecule has 0 aliphatic carbocycles. The lowest BCUT2D eigenvalue weighted by Crippen LogP contribution is -2.00. The zero-order valence-electron chi connectivity index (χ0n) is 12.9. The van der Waals surface area contributed by atoms with Gasteiger partial charge in [0.25, 0.3) is 0 Å². The van der Waals surface area contributed by atoms with Crippen molar-refractivity contribution in [2.75, 3.05) is 6.61 Å². The smallest absolute Gasteiger partial charge is 0.336 e. The predicted octanol–water partition coefficient (Wildman–Crippen LogP) is 4.61. The number of fused-ring (bicyclic) bond motifs is 1. The van der Waals surface area contributed by atoms with Gasteiger partial charge in [0.2, 0.25) is 0 Å². The summed E-state index contributed by atoms with van der Waals surface area (Å²) in [6.07, 6.45) is 2.59. The van der Waals surface area contributed by atoms with Crippen LogP contribution in [0.15, 0.2) is 45.7 Å². The summed E-state index contributed by atoms with van der Waals surface area (Å²) < 4.78 is 10.9. The lowest BCUT2D eigenvalue weighted by atomic mass is 10.00. The molecule has 0 N–H and O–H groups in total. The first-order valence-corrected chi connectivity index (χ1v) is 7.79. The average Bonchev–Trinajstić information content (AvgIpc) is 2.52. The van der Waals surface area contributed by atoms with E-state index in [1.807, 2.05) is 26.0 Å². The number of halogens is 1. The second-order valence-electron chi connectivity index (χ2n) is 5.31. The summed E-state index contributed by atoms with van der Waals surface area (Å²) in [7, 11) is 0. The Bertz CT molecular complexity index is 918. The fourth-order valence-corrected chi connectivity index (χ4v) is 2.69. The number of nitrogens with zero attached hydrogens (tertiary/aromatic N) is 1. The number of hydrogen-bond donors (Lipinski definition) is 0. The second-order valence-corrected chi connectivity index (χ2v) is 5.69. The van der Waals surface area contributed by atoms with Gasteiger partial charge in [0, 0.05) is 34.8 Å². The fourth-order valence-electron chi connectivity index (χ4n) is 2.48. The molecule has 5 heteroatoms. The SMILES string of the molecule is CCCOc1ccc2c(-c3cnc(Cl)cc3C)cc(=O)oc2c1. The first-order chi connectivity index (χ1) is 11.1. The van der Waals surface area contributed by atoms with E-state index in [9.17, 15) is 4.79 Å². The highest BCUT2D eigenvalue weighted by Gasteiger charge is 2.12. The highest BCUT2D eigenvalue weighted by Crippen LogP contribution is 2.31. The van der Waals surface area contributed by atoms with E-state index in [0.29, 0.717) is 23.1 Å². The summed E-state index contributed by atoms with van der Waals surface area (Å²) in [6.45, 7) is 4.59. The quantitative estimate of drug-likeness (QED) is 0.518. The molecule has 0 saturated heterocycles. The minimum Gasteiger partial charge on any atom is -0.493 e. The van der Waals surface area contributed by atoms with E-state index < -0.39 is 5.63 Å². The topological polar surface area (TPSA) is 52.3 Å². The standard InChI is InChI=1S/C18H16ClNO3/c1-3-6-22-12-4-5-13-14(9-18(21)23-16(13)8-12)15-10-20-17(19)7-11(15)2/h4-5,7-10H,3,6H2,1-2H3.